The van der Waals surface area contributed by atoms with Crippen LogP contribution in [-0.4, -0.2) is 24.8 Å². The highest BCUT2D eigenvalue weighted by atomic mass is 16.5. The van der Waals surface area contributed by atoms with Gasteiger partial charge in [0.1, 0.15) is 6.42 Å². The quantitative estimate of drug-likeness (QED) is 0.658. The predicted molar refractivity (Wildman–Crippen MR) is 67.5 cm³/mol. The molecule has 0 radical (unpaired) electrons. The first-order valence-electron chi connectivity index (χ1n) is 5.58. The van der Waals surface area contributed by atoms with Gasteiger partial charge in [-0.05, 0) is 13.0 Å². The molecule has 5 heteroatoms. The van der Waals surface area contributed by atoms with E-state index in [4.69, 9.17) is 14.7 Å². The summed E-state index contributed by atoms with van der Waals surface area (Å²) in [6, 6.07) is 4.77. The minimum atomic E-state index is -0.433. The van der Waals surface area contributed by atoms with Crippen molar-refractivity contribution in [2.75, 3.05) is 13.7 Å². The average Bonchev–Trinajstić information content (AvgIpc) is 2.41. The van der Waals surface area contributed by atoms with Gasteiger partial charge in [-0.1, -0.05) is 11.8 Å². The van der Waals surface area contributed by atoms with E-state index >= 15 is 0 Å². The minimum absolute atomic E-state index is 0.0770. The number of nitrogens with zero attached hydrogens (tertiary/aromatic N) is 1. The second-order valence-corrected chi connectivity index (χ2v) is 3.47. The summed E-state index contributed by atoms with van der Waals surface area (Å²) in [5.41, 5.74) is 0.551. The fourth-order valence-electron chi connectivity index (χ4n) is 1.35. The molecule has 0 amide bonds. The molecule has 0 aliphatic carbocycles. The molecule has 1 aromatic rings. The summed E-state index contributed by atoms with van der Waals surface area (Å²) < 4.78 is 9.65. The molecule has 0 aliphatic rings. The molecule has 0 fully saturated rings. The van der Waals surface area contributed by atoms with Crippen LogP contribution in [0, 0.1) is 23.2 Å². The molecular weight excluding hydrogens is 246 g/mol. The van der Waals surface area contributed by atoms with Crippen molar-refractivity contribution in [1.29, 1.82) is 5.26 Å². The van der Waals surface area contributed by atoms with Crippen LogP contribution in [0.25, 0.3) is 0 Å². The van der Waals surface area contributed by atoms with Crippen LogP contribution in [-0.2, 0) is 9.53 Å². The topological polar surface area (TPSA) is 79.6 Å². The number of hydrogen-bond acceptors (Lipinski definition) is 5. The molecule has 1 aromatic carbocycles. The van der Waals surface area contributed by atoms with Crippen molar-refractivity contribution in [2.24, 2.45) is 0 Å². The summed E-state index contributed by atoms with van der Waals surface area (Å²) in [4.78, 5) is 11.1. The summed E-state index contributed by atoms with van der Waals surface area (Å²) in [7, 11) is 1.38. The summed E-state index contributed by atoms with van der Waals surface area (Å²) in [6.07, 6.45) is -0.0770. The van der Waals surface area contributed by atoms with E-state index in [2.05, 4.69) is 11.8 Å². The molecule has 1 N–H and O–H groups in total. The number of esters is 1. The SMILES string of the molecule is CCOC(=O)CC#Cc1cc(C#N)cc(OC)c1O. The molecular formula is C14H13NO4. The van der Waals surface area contributed by atoms with Gasteiger partial charge in [0.15, 0.2) is 11.5 Å². The molecule has 0 bridgehead atoms. The molecule has 98 valence electrons. The number of hydrogen-bond donors (Lipinski definition) is 1. The number of methoxy groups -OCH3 is 1. The molecule has 0 saturated carbocycles. The van der Waals surface area contributed by atoms with Crippen LogP contribution in [0.15, 0.2) is 12.1 Å². The Balaban J connectivity index is 2.98. The van der Waals surface area contributed by atoms with Crippen LogP contribution in [0.2, 0.25) is 0 Å². The zero-order chi connectivity index (χ0) is 14.3. The van der Waals surface area contributed by atoms with Gasteiger partial charge in [0.2, 0.25) is 0 Å². The molecule has 0 unspecified atom stereocenters. The molecule has 0 atom stereocenters. The van der Waals surface area contributed by atoms with Gasteiger partial charge in [0, 0.05) is 6.07 Å². The van der Waals surface area contributed by atoms with Gasteiger partial charge in [-0.2, -0.15) is 5.26 Å². The Kier molecular flexibility index (Phi) is 5.25. The Hall–Kier alpha value is -2.66. The number of ether oxygens (including phenoxy) is 2. The van der Waals surface area contributed by atoms with Crippen LogP contribution >= 0.6 is 0 Å². The summed E-state index contributed by atoms with van der Waals surface area (Å²) in [6.45, 7) is 2.00. The van der Waals surface area contributed by atoms with Crippen molar-refractivity contribution in [2.45, 2.75) is 13.3 Å². The Morgan fingerprint density at radius 2 is 2.21 bits per heavy atom. The second-order valence-electron chi connectivity index (χ2n) is 3.47. The Labute approximate surface area is 111 Å². The molecule has 0 spiro atoms. The van der Waals surface area contributed by atoms with Crippen LogP contribution in [0.1, 0.15) is 24.5 Å². The van der Waals surface area contributed by atoms with E-state index < -0.39 is 5.97 Å². The smallest absolute Gasteiger partial charge is 0.317 e. The predicted octanol–water partition coefficient (Wildman–Crippen LogP) is 1.58. The van der Waals surface area contributed by atoms with Gasteiger partial charge in [-0.3, -0.25) is 4.79 Å². The highest BCUT2D eigenvalue weighted by Crippen LogP contribution is 2.30. The van der Waals surface area contributed by atoms with Crippen molar-refractivity contribution < 1.29 is 19.4 Å². The standard InChI is InChI=1S/C14H13NO4/c1-3-19-13(16)6-4-5-11-7-10(9-15)8-12(18-2)14(11)17/h7-8,17H,3,6H2,1-2H3. The first kappa shape index (κ1) is 14.4. The third-order valence-electron chi connectivity index (χ3n) is 2.19. The Morgan fingerprint density at radius 3 is 2.79 bits per heavy atom. The number of phenolic OH excluding ortho intramolecular Hbond substituents is 1. The van der Waals surface area contributed by atoms with Crippen molar-refractivity contribution in [3.63, 3.8) is 0 Å². The van der Waals surface area contributed by atoms with E-state index in [1.807, 2.05) is 6.07 Å². The Bertz CT molecular complexity index is 576. The average molecular weight is 259 g/mol. The van der Waals surface area contributed by atoms with E-state index in [1.54, 1.807) is 6.92 Å². The summed E-state index contributed by atoms with van der Waals surface area (Å²) in [5, 5.41) is 18.7. The third kappa shape index (κ3) is 3.93. The van der Waals surface area contributed by atoms with E-state index in [0.717, 1.165) is 0 Å². The third-order valence-corrected chi connectivity index (χ3v) is 2.19. The lowest BCUT2D eigenvalue weighted by molar-refractivity contribution is -0.141. The van der Waals surface area contributed by atoms with Crippen LogP contribution in [0.3, 0.4) is 0 Å². The lowest BCUT2D eigenvalue weighted by Crippen LogP contribution is -2.01. The highest BCUT2D eigenvalue weighted by molar-refractivity contribution is 5.72. The zero-order valence-corrected chi connectivity index (χ0v) is 10.7. The van der Waals surface area contributed by atoms with Gasteiger partial charge < -0.3 is 14.6 Å². The normalized spacial score (nSPS) is 8.89. The fraction of sp³-hybridized carbons (Fsp3) is 0.286. The fourth-order valence-corrected chi connectivity index (χ4v) is 1.35. The van der Waals surface area contributed by atoms with Crippen LogP contribution < -0.4 is 4.74 Å². The van der Waals surface area contributed by atoms with Gasteiger partial charge in [-0.15, -0.1) is 0 Å². The number of benzene rings is 1. The van der Waals surface area contributed by atoms with Gasteiger partial charge in [0.25, 0.3) is 0 Å². The second kappa shape index (κ2) is 6.93. The van der Waals surface area contributed by atoms with E-state index in [9.17, 15) is 9.90 Å². The number of aromatic hydroxyl groups is 1. The van der Waals surface area contributed by atoms with Gasteiger partial charge >= 0.3 is 5.97 Å². The number of carbonyl (C=O) groups is 1. The molecule has 0 aromatic heterocycles. The van der Waals surface area contributed by atoms with Crippen molar-refractivity contribution in [1.82, 2.24) is 0 Å². The maximum Gasteiger partial charge on any atom is 0.317 e. The van der Waals surface area contributed by atoms with E-state index in [1.165, 1.54) is 19.2 Å². The number of phenols is 1. The molecule has 0 saturated heterocycles. The van der Waals surface area contributed by atoms with E-state index in [0.29, 0.717) is 12.2 Å². The molecule has 0 aliphatic heterocycles. The van der Waals surface area contributed by atoms with E-state index in [-0.39, 0.29) is 23.5 Å². The maximum absolute atomic E-state index is 11.1. The number of nitriles is 1. The first-order chi connectivity index (χ1) is 9.12. The summed E-state index contributed by atoms with van der Waals surface area (Å²) >= 11 is 0. The minimum Gasteiger partial charge on any atom is -0.503 e. The van der Waals surface area contributed by atoms with Crippen LogP contribution in [0.5, 0.6) is 11.5 Å². The van der Waals surface area contributed by atoms with Crippen molar-refractivity contribution in [3.8, 4) is 29.4 Å². The molecule has 0 heterocycles. The van der Waals surface area contributed by atoms with Gasteiger partial charge in [0.05, 0.1) is 30.9 Å². The lowest BCUT2D eigenvalue weighted by Gasteiger charge is -2.05. The highest BCUT2D eigenvalue weighted by Gasteiger charge is 2.08. The van der Waals surface area contributed by atoms with Crippen molar-refractivity contribution in [3.05, 3.63) is 23.3 Å². The molecule has 19 heavy (non-hydrogen) atoms. The maximum atomic E-state index is 11.1. The number of rotatable bonds is 3. The largest absolute Gasteiger partial charge is 0.503 e. The molecule has 1 rings (SSSR count). The molecule has 5 nitrogen and oxygen atoms in total. The zero-order valence-electron chi connectivity index (χ0n) is 10.7. The monoisotopic (exact) mass is 259 g/mol. The lowest BCUT2D eigenvalue weighted by atomic mass is 10.1. The Morgan fingerprint density at radius 1 is 1.47 bits per heavy atom. The van der Waals surface area contributed by atoms with Crippen molar-refractivity contribution >= 4 is 5.97 Å². The summed E-state index contributed by atoms with van der Waals surface area (Å²) in [5.74, 6) is 4.78. The van der Waals surface area contributed by atoms with Gasteiger partial charge in [-0.25, -0.2) is 0 Å². The first-order valence-corrected chi connectivity index (χ1v) is 5.58. The van der Waals surface area contributed by atoms with Crippen LogP contribution in [0.4, 0.5) is 0 Å². The number of carbonyl (C=O) groups excluding carboxylic acids is 1.